The van der Waals surface area contributed by atoms with Crippen molar-refractivity contribution in [2.75, 3.05) is 32.8 Å². The van der Waals surface area contributed by atoms with Crippen LogP contribution < -0.4 is 4.74 Å². The number of ether oxygens (including phenoxy) is 1. The molecule has 0 atom stereocenters. The molecule has 1 aliphatic rings. The van der Waals surface area contributed by atoms with Crippen LogP contribution in [-0.2, 0) is 6.54 Å². The quantitative estimate of drug-likeness (QED) is 0.695. The van der Waals surface area contributed by atoms with E-state index >= 15 is 0 Å². The molecule has 1 saturated heterocycles. The molecule has 1 aliphatic heterocycles. The number of hydrogen-bond donors (Lipinski definition) is 0. The molecule has 0 unspecified atom stereocenters. The fourth-order valence-electron chi connectivity index (χ4n) is 3.42. The van der Waals surface area contributed by atoms with Crippen LogP contribution in [0.3, 0.4) is 0 Å². The molecule has 0 saturated carbocycles. The standard InChI is InChI=1S/C21H23N3O3/c1-2-26-17-9-7-16(8-10-17)21(25)24-13-11-23(12-14-24)15-19-18-5-3-4-6-20(18)27-22-19/h3-10H,2,11-15H2,1H3. The number of para-hydroxylation sites is 1. The van der Waals surface area contributed by atoms with Crippen LogP contribution in [0.5, 0.6) is 5.75 Å². The highest BCUT2D eigenvalue weighted by Crippen LogP contribution is 2.20. The molecular formula is C21H23N3O3. The number of carbonyl (C=O) groups is 1. The van der Waals surface area contributed by atoms with Gasteiger partial charge in [-0.05, 0) is 43.3 Å². The average molecular weight is 365 g/mol. The van der Waals surface area contributed by atoms with Crippen LogP contribution in [0.15, 0.2) is 53.1 Å². The van der Waals surface area contributed by atoms with Gasteiger partial charge < -0.3 is 14.2 Å². The summed E-state index contributed by atoms with van der Waals surface area (Å²) < 4.78 is 10.8. The van der Waals surface area contributed by atoms with Crippen molar-refractivity contribution in [1.82, 2.24) is 15.0 Å². The van der Waals surface area contributed by atoms with Gasteiger partial charge in [0.05, 0.1) is 6.61 Å². The Labute approximate surface area is 158 Å². The lowest BCUT2D eigenvalue weighted by Crippen LogP contribution is -2.48. The highest BCUT2D eigenvalue weighted by Gasteiger charge is 2.23. The number of amides is 1. The van der Waals surface area contributed by atoms with Crippen LogP contribution in [0.25, 0.3) is 11.0 Å². The minimum atomic E-state index is 0.0737. The van der Waals surface area contributed by atoms with Gasteiger partial charge in [0.2, 0.25) is 0 Å². The first-order valence-electron chi connectivity index (χ1n) is 9.32. The van der Waals surface area contributed by atoms with Gasteiger partial charge in [-0.15, -0.1) is 0 Å². The number of fused-ring (bicyclic) bond motifs is 1. The first-order chi connectivity index (χ1) is 13.2. The maximum Gasteiger partial charge on any atom is 0.253 e. The van der Waals surface area contributed by atoms with Gasteiger partial charge >= 0.3 is 0 Å². The Bertz CT molecular complexity index is 912. The summed E-state index contributed by atoms with van der Waals surface area (Å²) in [5.41, 5.74) is 2.48. The number of hydrogen-bond acceptors (Lipinski definition) is 5. The molecular weight excluding hydrogens is 342 g/mol. The van der Waals surface area contributed by atoms with E-state index in [0.29, 0.717) is 25.3 Å². The second-order valence-corrected chi connectivity index (χ2v) is 6.65. The van der Waals surface area contributed by atoms with Crippen molar-refractivity contribution in [3.05, 3.63) is 59.8 Å². The molecule has 2 heterocycles. The molecule has 6 heteroatoms. The molecule has 0 N–H and O–H groups in total. The van der Waals surface area contributed by atoms with E-state index in [0.717, 1.165) is 42.0 Å². The molecule has 1 amide bonds. The van der Waals surface area contributed by atoms with Crippen LogP contribution in [0.2, 0.25) is 0 Å². The molecule has 27 heavy (non-hydrogen) atoms. The number of carbonyl (C=O) groups excluding carboxylic acids is 1. The molecule has 0 spiro atoms. The highest BCUT2D eigenvalue weighted by atomic mass is 16.5. The monoisotopic (exact) mass is 365 g/mol. The van der Waals surface area contributed by atoms with Crippen molar-refractivity contribution in [2.24, 2.45) is 0 Å². The lowest BCUT2D eigenvalue weighted by Gasteiger charge is -2.34. The van der Waals surface area contributed by atoms with E-state index in [1.165, 1.54) is 0 Å². The minimum absolute atomic E-state index is 0.0737. The molecule has 2 aromatic carbocycles. The van der Waals surface area contributed by atoms with Crippen LogP contribution in [0.4, 0.5) is 0 Å². The summed E-state index contributed by atoms with van der Waals surface area (Å²) in [6, 6.07) is 15.3. The Kier molecular flexibility index (Phi) is 5.07. The maximum absolute atomic E-state index is 12.7. The third kappa shape index (κ3) is 3.80. The lowest BCUT2D eigenvalue weighted by molar-refractivity contribution is 0.0626. The predicted octanol–water partition coefficient (Wildman–Crippen LogP) is 3.18. The van der Waals surface area contributed by atoms with Crippen molar-refractivity contribution in [2.45, 2.75) is 13.5 Å². The third-order valence-electron chi connectivity index (χ3n) is 4.90. The van der Waals surface area contributed by atoms with Gasteiger partial charge in [-0.3, -0.25) is 9.69 Å². The van der Waals surface area contributed by atoms with Crippen molar-refractivity contribution < 1.29 is 14.1 Å². The summed E-state index contributed by atoms with van der Waals surface area (Å²) in [6.07, 6.45) is 0. The van der Waals surface area contributed by atoms with Gasteiger partial charge in [-0.1, -0.05) is 17.3 Å². The van der Waals surface area contributed by atoms with Crippen LogP contribution in [0, 0.1) is 0 Å². The Morgan fingerprint density at radius 3 is 2.56 bits per heavy atom. The number of aromatic nitrogens is 1. The summed E-state index contributed by atoms with van der Waals surface area (Å²) in [5.74, 6) is 0.864. The maximum atomic E-state index is 12.7. The van der Waals surface area contributed by atoms with Crippen molar-refractivity contribution >= 4 is 16.9 Å². The van der Waals surface area contributed by atoms with E-state index < -0.39 is 0 Å². The first-order valence-corrected chi connectivity index (χ1v) is 9.32. The molecule has 4 rings (SSSR count). The van der Waals surface area contributed by atoms with Gasteiger partial charge in [0.1, 0.15) is 11.4 Å². The van der Waals surface area contributed by atoms with Crippen LogP contribution >= 0.6 is 0 Å². The molecule has 3 aromatic rings. The largest absolute Gasteiger partial charge is 0.494 e. The Balaban J connectivity index is 1.35. The Hall–Kier alpha value is -2.86. The van der Waals surface area contributed by atoms with E-state index in [2.05, 4.69) is 10.1 Å². The smallest absolute Gasteiger partial charge is 0.253 e. The normalized spacial score (nSPS) is 15.2. The summed E-state index contributed by atoms with van der Waals surface area (Å²) in [5, 5.41) is 5.27. The Morgan fingerprint density at radius 1 is 1.07 bits per heavy atom. The van der Waals surface area contributed by atoms with Crippen molar-refractivity contribution in [3.8, 4) is 5.75 Å². The molecule has 0 bridgehead atoms. The zero-order chi connectivity index (χ0) is 18.6. The first kappa shape index (κ1) is 17.5. The fraction of sp³-hybridized carbons (Fsp3) is 0.333. The number of rotatable bonds is 5. The zero-order valence-electron chi connectivity index (χ0n) is 15.4. The minimum Gasteiger partial charge on any atom is -0.494 e. The van der Waals surface area contributed by atoms with Crippen molar-refractivity contribution in [1.29, 1.82) is 0 Å². The van der Waals surface area contributed by atoms with Crippen molar-refractivity contribution in [3.63, 3.8) is 0 Å². The van der Waals surface area contributed by atoms with E-state index in [1.54, 1.807) is 0 Å². The Morgan fingerprint density at radius 2 is 1.81 bits per heavy atom. The summed E-state index contributed by atoms with van der Waals surface area (Å²) in [7, 11) is 0. The van der Waals surface area contributed by atoms with Crippen LogP contribution in [-0.4, -0.2) is 53.6 Å². The second-order valence-electron chi connectivity index (χ2n) is 6.65. The van der Waals surface area contributed by atoms with E-state index in [9.17, 15) is 4.79 Å². The summed E-state index contributed by atoms with van der Waals surface area (Å²) in [4.78, 5) is 16.9. The molecule has 0 aliphatic carbocycles. The molecule has 6 nitrogen and oxygen atoms in total. The van der Waals surface area contributed by atoms with Gasteiger partial charge in [0.15, 0.2) is 5.58 Å². The molecule has 0 radical (unpaired) electrons. The molecule has 140 valence electrons. The second kappa shape index (κ2) is 7.80. The van der Waals surface area contributed by atoms with E-state index in [-0.39, 0.29) is 5.91 Å². The average Bonchev–Trinajstić information content (AvgIpc) is 3.12. The highest BCUT2D eigenvalue weighted by molar-refractivity contribution is 5.94. The topological polar surface area (TPSA) is 58.8 Å². The third-order valence-corrected chi connectivity index (χ3v) is 4.90. The van der Waals surface area contributed by atoms with Gasteiger partial charge in [-0.2, -0.15) is 0 Å². The van der Waals surface area contributed by atoms with Gasteiger partial charge in [-0.25, -0.2) is 0 Å². The predicted molar refractivity (Wildman–Crippen MR) is 103 cm³/mol. The number of benzene rings is 2. The van der Waals surface area contributed by atoms with E-state index in [4.69, 9.17) is 9.26 Å². The lowest BCUT2D eigenvalue weighted by atomic mass is 10.1. The number of piperazine rings is 1. The fourth-order valence-corrected chi connectivity index (χ4v) is 3.42. The molecule has 1 aromatic heterocycles. The van der Waals surface area contributed by atoms with E-state index in [1.807, 2.05) is 60.4 Å². The number of nitrogens with zero attached hydrogens (tertiary/aromatic N) is 3. The van der Waals surface area contributed by atoms with Gasteiger partial charge in [0.25, 0.3) is 5.91 Å². The summed E-state index contributed by atoms with van der Waals surface area (Å²) in [6.45, 7) is 6.37. The van der Waals surface area contributed by atoms with Crippen LogP contribution in [0.1, 0.15) is 23.0 Å². The summed E-state index contributed by atoms with van der Waals surface area (Å²) >= 11 is 0. The zero-order valence-corrected chi connectivity index (χ0v) is 15.4. The van der Waals surface area contributed by atoms with Gasteiger partial charge in [0, 0.05) is 43.7 Å². The molecule has 1 fully saturated rings. The SMILES string of the molecule is CCOc1ccc(C(=O)N2CCN(Cc3noc4ccccc34)CC2)cc1.